The number of benzene rings is 1. The third-order valence-electron chi connectivity index (χ3n) is 3.27. The molecule has 0 spiro atoms. The van der Waals surface area contributed by atoms with E-state index in [4.69, 9.17) is 9.31 Å². The summed E-state index contributed by atoms with van der Waals surface area (Å²) in [7, 11) is -0.168. The van der Waals surface area contributed by atoms with Crippen LogP contribution in [0.2, 0.25) is 17.3 Å². The molecule has 1 aliphatic heterocycles. The van der Waals surface area contributed by atoms with Gasteiger partial charge < -0.3 is 0 Å². The molecule has 0 N–H and O–H groups in total. The molecule has 0 unspecified atom stereocenters. The standard InChI is InChI=1S/C14H23BGeO2/c1-14(2)10-17-15(18-11-14)12-8-6-7-9-13(12)16(3,4)5/h6-9H,10-11H2,1-5H3. The maximum absolute atomic E-state index is 5.92. The first-order valence-electron chi connectivity index (χ1n) is 6.62. The summed E-state index contributed by atoms with van der Waals surface area (Å²) >= 11 is -1.87. The van der Waals surface area contributed by atoms with Crippen LogP contribution in [0.1, 0.15) is 13.8 Å². The summed E-state index contributed by atoms with van der Waals surface area (Å²) in [4.78, 5) is 0. The number of hydrogen-bond acceptors (Lipinski definition) is 2. The van der Waals surface area contributed by atoms with Crippen LogP contribution in [0.5, 0.6) is 0 Å². The Morgan fingerprint density at radius 2 is 1.61 bits per heavy atom. The van der Waals surface area contributed by atoms with Crippen molar-refractivity contribution in [3.63, 3.8) is 0 Å². The fourth-order valence-corrected chi connectivity index (χ4v) is 5.75. The molecule has 2 rings (SSSR count). The predicted octanol–water partition coefficient (Wildman–Crippen LogP) is 2.00. The molecule has 0 aromatic heterocycles. The fourth-order valence-electron chi connectivity index (χ4n) is 2.26. The van der Waals surface area contributed by atoms with Gasteiger partial charge in [-0.05, 0) is 0 Å². The molecule has 4 heteroatoms. The van der Waals surface area contributed by atoms with Crippen molar-refractivity contribution in [3.8, 4) is 0 Å². The van der Waals surface area contributed by atoms with Crippen molar-refractivity contribution in [1.82, 2.24) is 0 Å². The van der Waals surface area contributed by atoms with Crippen molar-refractivity contribution in [3.05, 3.63) is 24.3 Å². The zero-order chi connectivity index (χ0) is 13.4. The van der Waals surface area contributed by atoms with Gasteiger partial charge in [0.25, 0.3) is 0 Å². The van der Waals surface area contributed by atoms with E-state index < -0.39 is 13.3 Å². The van der Waals surface area contributed by atoms with Crippen molar-refractivity contribution in [1.29, 1.82) is 0 Å². The van der Waals surface area contributed by atoms with Gasteiger partial charge in [-0.1, -0.05) is 0 Å². The predicted molar refractivity (Wildman–Crippen MR) is 80.5 cm³/mol. The third kappa shape index (κ3) is 3.19. The maximum atomic E-state index is 5.92. The van der Waals surface area contributed by atoms with Crippen LogP contribution in [-0.4, -0.2) is 33.6 Å². The minimum atomic E-state index is -1.87. The second kappa shape index (κ2) is 5.03. The monoisotopic (exact) mass is 308 g/mol. The Hall–Kier alpha value is -0.252. The number of hydrogen-bond donors (Lipinski definition) is 0. The summed E-state index contributed by atoms with van der Waals surface area (Å²) < 4.78 is 13.3. The molecular weight excluding hydrogens is 284 g/mol. The summed E-state index contributed by atoms with van der Waals surface area (Å²) in [6.45, 7) is 5.89. The molecule has 0 radical (unpaired) electrons. The van der Waals surface area contributed by atoms with E-state index in [-0.39, 0.29) is 12.5 Å². The Bertz CT molecular complexity index is 416. The number of rotatable bonds is 2. The van der Waals surface area contributed by atoms with Gasteiger partial charge in [0.15, 0.2) is 0 Å². The second-order valence-corrected chi connectivity index (χ2v) is 17.5. The van der Waals surface area contributed by atoms with Gasteiger partial charge in [0.05, 0.1) is 0 Å². The third-order valence-corrected chi connectivity index (χ3v) is 7.62. The van der Waals surface area contributed by atoms with Crippen molar-refractivity contribution < 1.29 is 9.31 Å². The van der Waals surface area contributed by atoms with Gasteiger partial charge >= 0.3 is 114 Å². The van der Waals surface area contributed by atoms with Crippen molar-refractivity contribution in [2.75, 3.05) is 13.2 Å². The van der Waals surface area contributed by atoms with Gasteiger partial charge in [0.1, 0.15) is 0 Å². The van der Waals surface area contributed by atoms with Gasteiger partial charge in [-0.15, -0.1) is 0 Å². The quantitative estimate of drug-likeness (QED) is 0.778. The van der Waals surface area contributed by atoms with Crippen LogP contribution in [0.3, 0.4) is 0 Å². The fraction of sp³-hybridized carbons (Fsp3) is 0.571. The first-order chi connectivity index (χ1) is 8.30. The zero-order valence-corrected chi connectivity index (χ0v) is 14.2. The molecule has 1 heterocycles. The topological polar surface area (TPSA) is 18.5 Å². The zero-order valence-electron chi connectivity index (χ0n) is 12.1. The van der Waals surface area contributed by atoms with E-state index in [1.807, 2.05) is 0 Å². The first-order valence-corrected chi connectivity index (χ1v) is 14.0. The van der Waals surface area contributed by atoms with Gasteiger partial charge in [-0.25, -0.2) is 0 Å². The summed E-state index contributed by atoms with van der Waals surface area (Å²) in [6.07, 6.45) is 0. The van der Waals surface area contributed by atoms with E-state index in [0.29, 0.717) is 0 Å². The Morgan fingerprint density at radius 3 is 2.17 bits per heavy atom. The second-order valence-electron chi connectivity index (χ2n) is 6.96. The molecule has 1 aliphatic rings. The summed E-state index contributed by atoms with van der Waals surface area (Å²) in [5.74, 6) is 7.22. The molecule has 0 bridgehead atoms. The van der Waals surface area contributed by atoms with Crippen LogP contribution < -0.4 is 9.86 Å². The first kappa shape index (κ1) is 14.2. The average molecular weight is 307 g/mol. The molecule has 1 aromatic rings. The Balaban J connectivity index is 2.25. The summed E-state index contributed by atoms with van der Waals surface area (Å²) in [5.41, 5.74) is 1.38. The van der Waals surface area contributed by atoms with E-state index in [1.165, 1.54) is 9.86 Å². The average Bonchev–Trinajstić information content (AvgIpc) is 2.28. The van der Waals surface area contributed by atoms with Gasteiger partial charge in [-0.3, -0.25) is 0 Å². The summed E-state index contributed by atoms with van der Waals surface area (Å²) in [6, 6.07) is 8.62. The Labute approximate surface area is 114 Å². The van der Waals surface area contributed by atoms with Crippen LogP contribution in [0.15, 0.2) is 24.3 Å². The Kier molecular flexibility index (Phi) is 3.95. The molecular formula is C14H23BGeO2. The molecule has 1 aromatic carbocycles. The van der Waals surface area contributed by atoms with Crippen LogP contribution in [0, 0.1) is 5.41 Å². The van der Waals surface area contributed by atoms with E-state index in [1.54, 1.807) is 0 Å². The molecule has 0 atom stereocenters. The normalized spacial score (nSPS) is 19.9. The SMILES string of the molecule is CC1(C)COB(c2cccc[c]2[Ge]([CH3])([CH3])[CH3])OC1. The van der Waals surface area contributed by atoms with E-state index in [9.17, 15) is 0 Å². The molecule has 1 saturated heterocycles. The molecule has 0 saturated carbocycles. The minimum absolute atomic E-state index is 0.134. The van der Waals surface area contributed by atoms with E-state index in [0.717, 1.165) is 13.2 Å². The molecule has 1 fully saturated rings. The van der Waals surface area contributed by atoms with Crippen LogP contribution in [0.4, 0.5) is 0 Å². The van der Waals surface area contributed by atoms with Crippen LogP contribution in [-0.2, 0) is 9.31 Å². The van der Waals surface area contributed by atoms with Crippen LogP contribution >= 0.6 is 0 Å². The molecule has 0 amide bonds. The Morgan fingerprint density at radius 1 is 1.06 bits per heavy atom. The molecule has 98 valence electrons. The van der Waals surface area contributed by atoms with Crippen molar-refractivity contribution in [2.45, 2.75) is 31.1 Å². The molecule has 0 aliphatic carbocycles. The summed E-state index contributed by atoms with van der Waals surface area (Å²) in [5, 5.41) is 0. The van der Waals surface area contributed by atoms with Crippen molar-refractivity contribution in [2.24, 2.45) is 5.41 Å². The van der Waals surface area contributed by atoms with Gasteiger partial charge in [0.2, 0.25) is 0 Å². The van der Waals surface area contributed by atoms with E-state index >= 15 is 0 Å². The van der Waals surface area contributed by atoms with Crippen LogP contribution in [0.25, 0.3) is 0 Å². The molecule has 18 heavy (non-hydrogen) atoms. The van der Waals surface area contributed by atoms with Crippen molar-refractivity contribution >= 4 is 30.2 Å². The van der Waals surface area contributed by atoms with Gasteiger partial charge in [0, 0.05) is 0 Å². The molecule has 2 nitrogen and oxygen atoms in total. The van der Waals surface area contributed by atoms with E-state index in [2.05, 4.69) is 55.4 Å². The van der Waals surface area contributed by atoms with Gasteiger partial charge in [-0.2, -0.15) is 0 Å².